The molecule has 0 spiro atoms. The van der Waals surface area contributed by atoms with Gasteiger partial charge in [-0.25, -0.2) is 14.6 Å². The van der Waals surface area contributed by atoms with Crippen molar-refractivity contribution in [1.82, 2.24) is 5.43 Å². The number of nitrogens with one attached hydrogen (secondary N) is 2. The van der Waals surface area contributed by atoms with E-state index in [2.05, 4.69) is 10.9 Å². The van der Waals surface area contributed by atoms with Crippen molar-refractivity contribution in [2.75, 3.05) is 5.43 Å². The first-order chi connectivity index (χ1) is 9.18. The second-order valence-electron chi connectivity index (χ2n) is 3.92. The molecule has 19 heavy (non-hydrogen) atoms. The summed E-state index contributed by atoms with van der Waals surface area (Å²) in [7, 11) is 0. The predicted octanol–water partition coefficient (Wildman–Crippen LogP) is 2.64. The normalized spacial score (nSPS) is 10.2. The third-order valence-corrected chi connectivity index (χ3v) is 2.60. The van der Waals surface area contributed by atoms with Crippen molar-refractivity contribution in [1.29, 1.82) is 0 Å². The second kappa shape index (κ2) is 5.97. The maximum Gasteiger partial charge on any atom is 0.339 e. The zero-order valence-electron chi connectivity index (χ0n) is 10.1. The van der Waals surface area contributed by atoms with Gasteiger partial charge in [0, 0.05) is 12.2 Å². The highest BCUT2D eigenvalue weighted by Crippen LogP contribution is 2.13. The summed E-state index contributed by atoms with van der Waals surface area (Å²) in [5.74, 6) is -2.00. The molecule has 0 saturated carbocycles. The van der Waals surface area contributed by atoms with Crippen LogP contribution in [0.3, 0.4) is 0 Å². The summed E-state index contributed by atoms with van der Waals surface area (Å²) in [4.78, 5) is 11.0. The smallest absolute Gasteiger partial charge is 0.339 e. The fraction of sp³-hybridized carbons (Fsp3) is 0.0714. The van der Waals surface area contributed by atoms with E-state index in [0.717, 1.165) is 11.8 Å². The van der Waals surface area contributed by atoms with E-state index in [1.807, 2.05) is 30.3 Å². The number of rotatable bonds is 5. The van der Waals surface area contributed by atoms with E-state index in [1.54, 1.807) is 6.07 Å². The van der Waals surface area contributed by atoms with Gasteiger partial charge in [-0.2, -0.15) is 0 Å². The fourth-order valence-corrected chi connectivity index (χ4v) is 1.72. The average Bonchev–Trinajstić information content (AvgIpc) is 2.39. The van der Waals surface area contributed by atoms with Crippen LogP contribution in [0.5, 0.6) is 0 Å². The Balaban J connectivity index is 2.04. The highest BCUT2D eigenvalue weighted by Gasteiger charge is 2.14. The Labute approximate surface area is 109 Å². The number of carboxylic acid groups (broad SMARTS) is 1. The quantitative estimate of drug-likeness (QED) is 0.723. The first-order valence-electron chi connectivity index (χ1n) is 5.73. The Morgan fingerprint density at radius 2 is 1.84 bits per heavy atom. The number of carboxylic acids is 1. The molecule has 3 N–H and O–H groups in total. The first-order valence-corrected chi connectivity index (χ1v) is 5.73. The number of hydrazine groups is 1. The number of para-hydroxylation sites is 1. The van der Waals surface area contributed by atoms with E-state index in [0.29, 0.717) is 5.56 Å². The monoisotopic (exact) mass is 260 g/mol. The molecule has 2 rings (SSSR count). The molecule has 0 amide bonds. The molecule has 5 heteroatoms. The molecule has 0 aliphatic heterocycles. The summed E-state index contributed by atoms with van der Waals surface area (Å²) in [5, 5.41) is 8.97. The molecule has 0 atom stereocenters. The molecule has 0 heterocycles. The molecule has 0 fully saturated rings. The minimum absolute atomic E-state index is 0.203. The van der Waals surface area contributed by atoms with Gasteiger partial charge in [0.25, 0.3) is 0 Å². The molecule has 0 radical (unpaired) electrons. The summed E-state index contributed by atoms with van der Waals surface area (Å²) in [5.41, 5.74) is 6.70. The van der Waals surface area contributed by atoms with E-state index in [4.69, 9.17) is 5.11 Å². The zero-order chi connectivity index (χ0) is 13.7. The summed E-state index contributed by atoms with van der Waals surface area (Å²) < 4.78 is 13.4. The van der Waals surface area contributed by atoms with Gasteiger partial charge < -0.3 is 10.5 Å². The van der Waals surface area contributed by atoms with Crippen molar-refractivity contribution in [2.45, 2.75) is 6.54 Å². The van der Waals surface area contributed by atoms with E-state index in [1.165, 1.54) is 6.07 Å². The van der Waals surface area contributed by atoms with Gasteiger partial charge in [-0.05, 0) is 23.8 Å². The Kier molecular flexibility index (Phi) is 4.10. The van der Waals surface area contributed by atoms with Gasteiger partial charge in [0.05, 0.1) is 5.56 Å². The molecular weight excluding hydrogens is 247 g/mol. The van der Waals surface area contributed by atoms with Crippen LogP contribution in [-0.2, 0) is 6.54 Å². The molecule has 98 valence electrons. The van der Waals surface area contributed by atoms with E-state index in [-0.39, 0.29) is 12.1 Å². The minimum atomic E-state index is -1.27. The maximum atomic E-state index is 13.4. The number of hydrogen-bond acceptors (Lipinski definition) is 3. The van der Waals surface area contributed by atoms with Gasteiger partial charge in [-0.15, -0.1) is 0 Å². The first kappa shape index (κ1) is 13.0. The topological polar surface area (TPSA) is 61.4 Å². The Bertz CT molecular complexity index is 573. The van der Waals surface area contributed by atoms with Crippen molar-refractivity contribution < 1.29 is 14.3 Å². The van der Waals surface area contributed by atoms with Crippen molar-refractivity contribution in [3.05, 3.63) is 65.5 Å². The molecule has 0 bridgehead atoms. The number of hydrogen-bond donors (Lipinski definition) is 3. The van der Waals surface area contributed by atoms with Gasteiger partial charge in [0.2, 0.25) is 0 Å². The van der Waals surface area contributed by atoms with Gasteiger partial charge >= 0.3 is 5.97 Å². The standard InChI is InChI=1S/C14H13FN2O2/c15-12-8-4-5-10(13(12)14(18)19)9-16-17-11-6-2-1-3-7-11/h1-8,16-17H,9H2,(H,18,19). The second-order valence-corrected chi connectivity index (χ2v) is 3.92. The van der Waals surface area contributed by atoms with Gasteiger partial charge in [0.15, 0.2) is 0 Å². The van der Waals surface area contributed by atoms with Gasteiger partial charge in [-0.1, -0.05) is 30.3 Å². The molecule has 0 unspecified atom stereocenters. The number of carbonyl (C=O) groups is 1. The molecule has 4 nitrogen and oxygen atoms in total. The van der Waals surface area contributed by atoms with Gasteiger partial charge in [0.1, 0.15) is 5.82 Å². The molecule has 0 saturated heterocycles. The van der Waals surface area contributed by atoms with Crippen LogP contribution in [0, 0.1) is 5.82 Å². The van der Waals surface area contributed by atoms with Crippen LogP contribution >= 0.6 is 0 Å². The predicted molar refractivity (Wildman–Crippen MR) is 70.3 cm³/mol. The molecule has 0 aliphatic carbocycles. The van der Waals surface area contributed by atoms with Crippen molar-refractivity contribution >= 4 is 11.7 Å². The van der Waals surface area contributed by atoms with Crippen LogP contribution in [0.15, 0.2) is 48.5 Å². The largest absolute Gasteiger partial charge is 0.478 e. The summed E-state index contributed by atoms with van der Waals surface area (Å²) in [6.07, 6.45) is 0. The highest BCUT2D eigenvalue weighted by molar-refractivity contribution is 5.89. The summed E-state index contributed by atoms with van der Waals surface area (Å²) in [6.45, 7) is 0.203. The average molecular weight is 260 g/mol. The SMILES string of the molecule is O=C(O)c1c(F)cccc1CNNc1ccccc1. The number of anilines is 1. The molecular formula is C14H13FN2O2. The number of aromatic carboxylic acids is 1. The summed E-state index contributed by atoms with van der Waals surface area (Å²) >= 11 is 0. The lowest BCUT2D eigenvalue weighted by molar-refractivity contribution is 0.0690. The highest BCUT2D eigenvalue weighted by atomic mass is 19.1. The lowest BCUT2D eigenvalue weighted by Gasteiger charge is -2.10. The van der Waals surface area contributed by atoms with Crippen LogP contribution in [0.1, 0.15) is 15.9 Å². The Hall–Kier alpha value is -2.40. The Morgan fingerprint density at radius 3 is 2.53 bits per heavy atom. The molecule has 0 aliphatic rings. The van der Waals surface area contributed by atoms with Crippen LogP contribution in [0.25, 0.3) is 0 Å². The zero-order valence-corrected chi connectivity index (χ0v) is 10.1. The molecule has 2 aromatic rings. The van der Waals surface area contributed by atoms with Crippen LogP contribution in [-0.4, -0.2) is 11.1 Å². The van der Waals surface area contributed by atoms with Crippen LogP contribution in [0.2, 0.25) is 0 Å². The molecule has 2 aromatic carbocycles. The number of benzene rings is 2. The van der Waals surface area contributed by atoms with E-state index in [9.17, 15) is 9.18 Å². The number of halogens is 1. The van der Waals surface area contributed by atoms with Crippen molar-refractivity contribution in [3.8, 4) is 0 Å². The van der Waals surface area contributed by atoms with Crippen molar-refractivity contribution in [2.24, 2.45) is 0 Å². The van der Waals surface area contributed by atoms with Crippen molar-refractivity contribution in [3.63, 3.8) is 0 Å². The maximum absolute atomic E-state index is 13.4. The molecule has 0 aromatic heterocycles. The Morgan fingerprint density at radius 1 is 1.11 bits per heavy atom. The van der Waals surface area contributed by atoms with Crippen LogP contribution in [0.4, 0.5) is 10.1 Å². The lowest BCUT2D eigenvalue weighted by Crippen LogP contribution is -2.22. The van der Waals surface area contributed by atoms with E-state index >= 15 is 0 Å². The minimum Gasteiger partial charge on any atom is -0.478 e. The van der Waals surface area contributed by atoms with E-state index < -0.39 is 11.8 Å². The lowest BCUT2D eigenvalue weighted by atomic mass is 10.1. The van der Waals surface area contributed by atoms with Gasteiger partial charge in [-0.3, -0.25) is 0 Å². The summed E-state index contributed by atoms with van der Waals surface area (Å²) in [6, 6.07) is 13.5. The third-order valence-electron chi connectivity index (χ3n) is 2.60. The third kappa shape index (κ3) is 3.29. The van der Waals surface area contributed by atoms with Crippen LogP contribution < -0.4 is 10.9 Å². The fourth-order valence-electron chi connectivity index (χ4n) is 1.72.